The molecule has 2 aliphatic rings. The van der Waals surface area contributed by atoms with Crippen LogP contribution in [0.5, 0.6) is 23.0 Å². The normalized spacial score (nSPS) is 16.8. The van der Waals surface area contributed by atoms with Crippen LogP contribution in [-0.4, -0.2) is 68.2 Å². The molecule has 16 heteroatoms. The molecular formula is C51H54Cl2N4O10. The minimum absolute atomic E-state index is 0.00585. The maximum atomic E-state index is 12.0. The van der Waals surface area contributed by atoms with Crippen LogP contribution in [0.15, 0.2) is 72.9 Å². The second kappa shape index (κ2) is 20.9. The van der Waals surface area contributed by atoms with Gasteiger partial charge in [-0.15, -0.1) is 0 Å². The van der Waals surface area contributed by atoms with Crippen LogP contribution >= 0.6 is 23.2 Å². The summed E-state index contributed by atoms with van der Waals surface area (Å²) in [4.78, 5) is 28.6. The van der Waals surface area contributed by atoms with Gasteiger partial charge in [-0.05, 0) is 105 Å². The van der Waals surface area contributed by atoms with E-state index in [9.17, 15) is 35.3 Å². The lowest BCUT2D eigenvalue weighted by molar-refractivity contribution is -0.146. The fourth-order valence-corrected chi connectivity index (χ4v) is 8.80. The predicted molar refractivity (Wildman–Crippen MR) is 251 cm³/mol. The van der Waals surface area contributed by atoms with Crippen LogP contribution in [0.4, 0.5) is 0 Å². The fraction of sp³-hybridized carbons (Fsp3) is 0.373. The second-order valence-electron chi connectivity index (χ2n) is 17.5. The first-order valence-electron chi connectivity index (χ1n) is 22.0. The van der Waals surface area contributed by atoms with Gasteiger partial charge in [-0.3, -0.25) is 25.2 Å². The van der Waals surface area contributed by atoms with Gasteiger partial charge in [0.15, 0.2) is 0 Å². The number of ether oxygens (including phenoxy) is 4. The van der Waals surface area contributed by atoms with Crippen molar-refractivity contribution in [3.63, 3.8) is 0 Å². The highest BCUT2D eigenvalue weighted by Crippen LogP contribution is 2.43. The number of rotatable bonds is 21. The van der Waals surface area contributed by atoms with Crippen LogP contribution < -0.4 is 29.6 Å². The largest absolute Gasteiger partial charge is 0.493 e. The molecule has 0 aliphatic heterocycles. The summed E-state index contributed by atoms with van der Waals surface area (Å²) in [7, 11) is 0. The Labute approximate surface area is 399 Å². The van der Waals surface area contributed by atoms with Gasteiger partial charge in [0.2, 0.25) is 0 Å². The molecule has 0 spiro atoms. The van der Waals surface area contributed by atoms with Crippen LogP contribution in [0.25, 0.3) is 0 Å². The number of carboxylic acids is 2. The minimum Gasteiger partial charge on any atom is -0.493 e. The number of aliphatic hydroxyl groups is 2. The topological polar surface area (TPSA) is 213 Å². The van der Waals surface area contributed by atoms with Crippen molar-refractivity contribution in [2.24, 2.45) is 0 Å². The van der Waals surface area contributed by atoms with Crippen LogP contribution in [0.3, 0.4) is 0 Å². The number of nitrogens with one attached hydrogen (secondary N) is 2. The van der Waals surface area contributed by atoms with Crippen LogP contribution in [0, 0.1) is 25.2 Å². The van der Waals surface area contributed by atoms with E-state index in [1.165, 1.54) is 36.1 Å². The maximum Gasteiger partial charge on any atom is 0.326 e. The highest BCUT2D eigenvalue weighted by Gasteiger charge is 2.34. The molecule has 7 rings (SSSR count). The summed E-state index contributed by atoms with van der Waals surface area (Å²) in [5.74, 6) is -0.960. The number of halogens is 2. The molecule has 1 heterocycles. The van der Waals surface area contributed by atoms with E-state index in [0.717, 1.165) is 36.8 Å². The zero-order valence-corrected chi connectivity index (χ0v) is 39.3. The molecule has 4 atom stereocenters. The maximum absolute atomic E-state index is 12.0. The van der Waals surface area contributed by atoms with Gasteiger partial charge in [0, 0.05) is 54.5 Å². The van der Waals surface area contributed by atoms with Crippen molar-refractivity contribution in [1.82, 2.24) is 15.6 Å². The summed E-state index contributed by atoms with van der Waals surface area (Å²) in [6.07, 6.45) is 4.63. The van der Waals surface area contributed by atoms with Gasteiger partial charge in [0.25, 0.3) is 0 Å². The Hall–Kier alpha value is -5.92. The Morgan fingerprint density at radius 2 is 1.25 bits per heavy atom. The van der Waals surface area contributed by atoms with Crippen molar-refractivity contribution in [1.29, 1.82) is 5.26 Å². The van der Waals surface area contributed by atoms with E-state index in [2.05, 4.69) is 59.8 Å². The first-order chi connectivity index (χ1) is 32.1. The van der Waals surface area contributed by atoms with Crippen LogP contribution in [0.2, 0.25) is 10.0 Å². The third-order valence-electron chi connectivity index (χ3n) is 12.7. The van der Waals surface area contributed by atoms with E-state index >= 15 is 0 Å². The van der Waals surface area contributed by atoms with Gasteiger partial charge >= 0.3 is 11.9 Å². The lowest BCUT2D eigenvalue weighted by Crippen LogP contribution is -2.52. The van der Waals surface area contributed by atoms with E-state index in [-0.39, 0.29) is 44.9 Å². The van der Waals surface area contributed by atoms with Gasteiger partial charge in [-0.2, -0.15) is 5.26 Å². The molecule has 0 saturated carbocycles. The molecule has 6 N–H and O–H groups in total. The van der Waals surface area contributed by atoms with E-state index < -0.39 is 36.2 Å². The molecule has 1 aromatic heterocycles. The highest BCUT2D eigenvalue weighted by atomic mass is 35.5. The molecule has 0 unspecified atom stereocenters. The summed E-state index contributed by atoms with van der Waals surface area (Å²) in [5, 5.41) is 56.0. The molecule has 67 heavy (non-hydrogen) atoms. The number of carboxylic acid groups (broad SMARTS) is 2. The summed E-state index contributed by atoms with van der Waals surface area (Å²) < 4.78 is 25.6. The molecule has 0 radical (unpaired) electrons. The number of nitrogens with zero attached hydrogens (tertiary/aromatic N) is 2. The average molecular weight is 954 g/mol. The lowest BCUT2D eigenvalue weighted by Gasteiger charge is -2.25. The number of hydrogen-bond acceptors (Lipinski definition) is 12. The third-order valence-corrected chi connectivity index (χ3v) is 13.3. The fourth-order valence-electron chi connectivity index (χ4n) is 8.34. The van der Waals surface area contributed by atoms with E-state index in [1.807, 2.05) is 12.1 Å². The molecule has 0 fully saturated rings. The zero-order chi connectivity index (χ0) is 48.0. The van der Waals surface area contributed by atoms with E-state index in [0.29, 0.717) is 61.0 Å². The zero-order valence-electron chi connectivity index (χ0n) is 37.7. The quantitative estimate of drug-likeness (QED) is 0.0411. The van der Waals surface area contributed by atoms with Crippen molar-refractivity contribution in [3.05, 3.63) is 144 Å². The average Bonchev–Trinajstić information content (AvgIpc) is 3.93. The van der Waals surface area contributed by atoms with Crippen molar-refractivity contribution in [3.8, 4) is 29.1 Å². The molecular weight excluding hydrogens is 899 g/mol. The van der Waals surface area contributed by atoms with E-state index in [1.54, 1.807) is 36.5 Å². The monoisotopic (exact) mass is 952 g/mol. The first-order valence-corrected chi connectivity index (χ1v) is 22.8. The number of aryl methyl sites for hydroxylation is 2. The third kappa shape index (κ3) is 10.9. The molecule has 0 saturated heterocycles. The van der Waals surface area contributed by atoms with E-state index in [4.69, 9.17) is 42.1 Å². The lowest BCUT2D eigenvalue weighted by atomic mass is 10.0. The number of hydrogen-bond donors (Lipinski definition) is 6. The number of carbonyl (C=O) groups is 2. The second-order valence-corrected chi connectivity index (χ2v) is 18.3. The highest BCUT2D eigenvalue weighted by molar-refractivity contribution is 6.32. The number of benzene rings is 4. The van der Waals surface area contributed by atoms with Gasteiger partial charge in [-0.25, -0.2) is 0 Å². The van der Waals surface area contributed by atoms with Crippen molar-refractivity contribution >= 4 is 35.1 Å². The predicted octanol–water partition coefficient (Wildman–Crippen LogP) is 8.06. The molecule has 352 valence electrons. The van der Waals surface area contributed by atoms with Gasteiger partial charge in [0.1, 0.15) is 59.0 Å². The van der Waals surface area contributed by atoms with Crippen molar-refractivity contribution in [2.45, 2.75) is 103 Å². The minimum atomic E-state index is -1.64. The summed E-state index contributed by atoms with van der Waals surface area (Å²) in [6.45, 7) is 5.62. The van der Waals surface area contributed by atoms with Crippen LogP contribution in [-0.2, 0) is 48.5 Å². The van der Waals surface area contributed by atoms with Gasteiger partial charge < -0.3 is 39.4 Å². The number of aromatic nitrogens is 1. The number of aliphatic hydroxyl groups excluding tert-OH is 2. The summed E-state index contributed by atoms with van der Waals surface area (Å²) in [6, 6.07) is 22.8. The molecule has 2 aliphatic carbocycles. The number of aliphatic carboxylic acids is 2. The SMILES string of the molecule is Cc1cccc2c1CC[C@@H]2Oc1cc(OCCc2ncc(COc3cc(O[C@H]4CCc5c(C)cccc54)c(Cl)cc3CN[C@@](C)(CO)C(=O)O)cc2C#N)c(CN[C@@](C)(CO)C(=O)O)cc1Cl. The standard InChI is InChI=1S/C51H54Cl2N4O10/c1-29-7-5-9-37-35(29)11-13-42(37)66-46-20-44(33(18-39(46)52)24-56-50(3,27-58)48(60)61)64-16-15-41-32(22-54)17-31(23-55-41)26-65-45-21-47(67-43-14-12-36-30(2)8-6-10-38(36)43)40(53)19-34(45)25-57-51(4,28-59)49(62)63/h5-10,17-21,23,42-43,56-59H,11-16,24-28H2,1-4H3,(H,60,61)(H,62,63)/t42-,43-,50-,51-/m0/s1. The number of pyridine rings is 1. The molecule has 5 aromatic rings. The Morgan fingerprint density at radius 3 is 1.72 bits per heavy atom. The van der Waals surface area contributed by atoms with Gasteiger partial charge in [-0.1, -0.05) is 59.6 Å². The van der Waals surface area contributed by atoms with Gasteiger partial charge in [0.05, 0.1) is 41.1 Å². The number of nitriles is 1. The first kappa shape index (κ1) is 49.0. The summed E-state index contributed by atoms with van der Waals surface area (Å²) in [5.41, 5.74) is 6.18. The Morgan fingerprint density at radius 1 is 0.761 bits per heavy atom. The summed E-state index contributed by atoms with van der Waals surface area (Å²) >= 11 is 13.6. The van der Waals surface area contributed by atoms with Crippen LogP contribution in [0.1, 0.15) is 100 Å². The Balaban J connectivity index is 1.08. The molecule has 0 amide bonds. The molecule has 0 bridgehead atoms. The Bertz CT molecular complexity index is 2710. The van der Waals surface area contributed by atoms with Crippen molar-refractivity contribution < 1.29 is 49.0 Å². The molecule has 4 aromatic carbocycles. The number of fused-ring (bicyclic) bond motifs is 2. The Kier molecular flexibility index (Phi) is 15.3. The molecule has 14 nitrogen and oxygen atoms in total. The smallest absolute Gasteiger partial charge is 0.326 e. The van der Waals surface area contributed by atoms with Crippen molar-refractivity contribution in [2.75, 3.05) is 19.8 Å².